The molecule has 0 radical (unpaired) electrons. The third kappa shape index (κ3) is 4.08. The summed E-state index contributed by atoms with van der Waals surface area (Å²) in [6, 6.07) is 10.8. The van der Waals surface area contributed by atoms with Crippen LogP contribution in [0.4, 0.5) is 0 Å². The van der Waals surface area contributed by atoms with Gasteiger partial charge in [-0.05, 0) is 162 Å². The van der Waals surface area contributed by atoms with Gasteiger partial charge in [-0.15, -0.1) is 0 Å². The summed E-state index contributed by atoms with van der Waals surface area (Å²) < 4.78 is 0. The molecule has 6 heteroatoms. The molecule has 6 nitrogen and oxygen atoms in total. The van der Waals surface area contributed by atoms with Gasteiger partial charge in [0.1, 0.15) is 34.5 Å². The van der Waals surface area contributed by atoms with Gasteiger partial charge in [-0.3, -0.25) is 0 Å². The van der Waals surface area contributed by atoms with E-state index in [1.54, 1.807) is 18.2 Å². The van der Waals surface area contributed by atoms with Crippen LogP contribution in [-0.4, -0.2) is 30.6 Å². The minimum Gasteiger partial charge on any atom is -0.508 e. The molecule has 11 rings (SSSR count). The molecule has 0 heterocycles. The van der Waals surface area contributed by atoms with Crippen LogP contribution in [0.25, 0.3) is 0 Å². The molecule has 4 atom stereocenters. The number of phenolic OH excluding ortho intramolecular Hbond substituents is 6. The maximum atomic E-state index is 12.0. The summed E-state index contributed by atoms with van der Waals surface area (Å²) in [5.41, 5.74) is 3.63. The lowest BCUT2D eigenvalue weighted by Gasteiger charge is -2.63. The third-order valence-electron chi connectivity index (χ3n) is 14.4. The maximum Gasteiger partial charge on any atom is 0.119 e. The van der Waals surface area contributed by atoms with Crippen LogP contribution in [0.1, 0.15) is 117 Å². The fourth-order valence-corrected chi connectivity index (χ4v) is 13.6. The van der Waals surface area contributed by atoms with Crippen molar-refractivity contribution in [2.75, 3.05) is 0 Å². The highest BCUT2D eigenvalue weighted by atomic mass is 16.3. The SMILES string of the molecule is CCc1cc(O)c(C23CC4CC(C2)CC(c2cc(O)c(C56CC7CC(CC(c8cc(O)c(C)cc8O)(C7)C5)C6)cc2O)(C4)C3)cc1O. The Balaban J connectivity index is 1.11. The highest BCUT2D eigenvalue weighted by Gasteiger charge is 2.62. The average Bonchev–Trinajstić information content (AvgIpc) is 2.99. The number of rotatable bonds is 5. The molecular formula is C41H48O6. The van der Waals surface area contributed by atoms with Gasteiger partial charge in [-0.2, -0.15) is 0 Å². The number of hydrogen-bond donors (Lipinski definition) is 6. The molecule has 8 bridgehead atoms. The van der Waals surface area contributed by atoms with Gasteiger partial charge < -0.3 is 30.6 Å². The maximum absolute atomic E-state index is 12.0. The second-order valence-electron chi connectivity index (χ2n) is 17.4. The summed E-state index contributed by atoms with van der Waals surface area (Å²) in [6.45, 7) is 3.79. The Bertz CT molecular complexity index is 1790. The third-order valence-corrected chi connectivity index (χ3v) is 14.4. The second-order valence-corrected chi connectivity index (χ2v) is 17.4. The van der Waals surface area contributed by atoms with E-state index in [1.165, 1.54) is 0 Å². The van der Waals surface area contributed by atoms with Crippen LogP contribution >= 0.6 is 0 Å². The van der Waals surface area contributed by atoms with Gasteiger partial charge in [-0.25, -0.2) is 0 Å². The molecule has 0 aliphatic heterocycles. The molecule has 3 aromatic carbocycles. The number of phenols is 6. The summed E-state index contributed by atoms with van der Waals surface area (Å²) in [7, 11) is 0. The zero-order chi connectivity index (χ0) is 32.7. The van der Waals surface area contributed by atoms with Crippen LogP contribution in [0.5, 0.6) is 34.5 Å². The predicted octanol–water partition coefficient (Wildman–Crippen LogP) is 8.37. The van der Waals surface area contributed by atoms with Gasteiger partial charge in [0.05, 0.1) is 0 Å². The Labute approximate surface area is 277 Å². The zero-order valence-corrected chi connectivity index (χ0v) is 27.6. The summed E-state index contributed by atoms with van der Waals surface area (Å²) in [5, 5.41) is 68.0. The van der Waals surface area contributed by atoms with Crippen molar-refractivity contribution in [3.8, 4) is 34.5 Å². The van der Waals surface area contributed by atoms with Crippen LogP contribution in [0.15, 0.2) is 36.4 Å². The molecule has 6 N–H and O–H groups in total. The van der Waals surface area contributed by atoms with Gasteiger partial charge in [0, 0.05) is 43.9 Å². The average molecular weight is 637 g/mol. The van der Waals surface area contributed by atoms with Crippen molar-refractivity contribution in [1.82, 2.24) is 0 Å². The van der Waals surface area contributed by atoms with E-state index in [2.05, 4.69) is 0 Å². The minimum absolute atomic E-state index is 0.214. The molecule has 8 aliphatic rings. The lowest BCUT2D eigenvalue weighted by molar-refractivity contribution is -0.0319. The van der Waals surface area contributed by atoms with Crippen molar-refractivity contribution in [1.29, 1.82) is 0 Å². The topological polar surface area (TPSA) is 121 Å². The van der Waals surface area contributed by atoms with Gasteiger partial charge in [-0.1, -0.05) is 6.92 Å². The van der Waals surface area contributed by atoms with Crippen LogP contribution in [0.2, 0.25) is 0 Å². The van der Waals surface area contributed by atoms with Crippen LogP contribution < -0.4 is 0 Å². The summed E-state index contributed by atoms with van der Waals surface area (Å²) in [4.78, 5) is 0. The van der Waals surface area contributed by atoms with Gasteiger partial charge in [0.2, 0.25) is 0 Å². The molecule has 8 aliphatic carbocycles. The van der Waals surface area contributed by atoms with Gasteiger partial charge in [0.15, 0.2) is 0 Å². The van der Waals surface area contributed by atoms with E-state index in [4.69, 9.17) is 0 Å². The number of aromatic hydroxyl groups is 6. The Hall–Kier alpha value is -3.54. The molecule has 8 fully saturated rings. The summed E-state index contributed by atoms with van der Waals surface area (Å²) in [6.07, 6.45) is 12.3. The summed E-state index contributed by atoms with van der Waals surface area (Å²) >= 11 is 0. The number of aryl methyl sites for hydroxylation is 2. The van der Waals surface area contributed by atoms with E-state index in [-0.39, 0.29) is 56.2 Å². The van der Waals surface area contributed by atoms with Crippen molar-refractivity contribution < 1.29 is 30.6 Å². The summed E-state index contributed by atoms with van der Waals surface area (Å²) in [5.74, 6) is 3.37. The van der Waals surface area contributed by atoms with Crippen molar-refractivity contribution >= 4 is 0 Å². The largest absolute Gasteiger partial charge is 0.508 e. The molecule has 0 saturated heterocycles. The molecular weight excluding hydrogens is 588 g/mol. The minimum atomic E-state index is -0.302. The molecule has 4 unspecified atom stereocenters. The number of benzene rings is 3. The predicted molar refractivity (Wildman–Crippen MR) is 180 cm³/mol. The van der Waals surface area contributed by atoms with Crippen molar-refractivity contribution in [3.05, 3.63) is 69.8 Å². The molecule has 0 spiro atoms. The first-order chi connectivity index (χ1) is 22.4. The van der Waals surface area contributed by atoms with E-state index in [1.807, 2.05) is 32.0 Å². The van der Waals surface area contributed by atoms with Crippen LogP contribution in [0.3, 0.4) is 0 Å². The standard InChI is InChI=1S/C41H48O6/c1-3-27-7-35(45)29(9-33(27)43)39-14-25-6-26(15-39)19-41(18-25,21-39)31-11-36(46)30(10-37(31)47)40-16-23-5-24(17-40)13-38(12-23,20-40)28-8-32(42)22(2)4-34(28)44/h4,7-11,23-26,42-47H,3,5-6,12-21H2,1-2H3. The monoisotopic (exact) mass is 636 g/mol. The fraction of sp³-hybridized carbons (Fsp3) is 0.561. The molecule has 47 heavy (non-hydrogen) atoms. The first-order valence-electron chi connectivity index (χ1n) is 18.0. The van der Waals surface area contributed by atoms with Crippen LogP contribution in [-0.2, 0) is 28.1 Å². The molecule has 8 saturated carbocycles. The highest BCUT2D eigenvalue weighted by Crippen LogP contribution is 2.71. The normalized spacial score (nSPS) is 37.9. The van der Waals surface area contributed by atoms with Crippen molar-refractivity contribution in [3.63, 3.8) is 0 Å². The Kier molecular flexibility index (Phi) is 6.01. The van der Waals surface area contributed by atoms with Gasteiger partial charge in [0.25, 0.3) is 0 Å². The molecule has 0 aromatic heterocycles. The lowest BCUT2D eigenvalue weighted by atomic mass is 9.41. The van der Waals surface area contributed by atoms with E-state index >= 15 is 0 Å². The zero-order valence-electron chi connectivity index (χ0n) is 27.6. The lowest BCUT2D eigenvalue weighted by Crippen LogP contribution is -2.56. The second kappa shape index (κ2) is 9.54. The molecule has 0 amide bonds. The highest BCUT2D eigenvalue weighted by molar-refractivity contribution is 5.57. The Morgan fingerprint density at radius 1 is 0.468 bits per heavy atom. The van der Waals surface area contributed by atoms with E-state index in [0.717, 1.165) is 105 Å². The first kappa shape index (κ1) is 29.6. The Morgan fingerprint density at radius 3 is 1.17 bits per heavy atom. The van der Waals surface area contributed by atoms with Gasteiger partial charge >= 0.3 is 0 Å². The molecule has 3 aromatic rings. The van der Waals surface area contributed by atoms with Crippen LogP contribution in [0, 0.1) is 30.6 Å². The first-order valence-corrected chi connectivity index (χ1v) is 18.0. The smallest absolute Gasteiger partial charge is 0.119 e. The molecule has 248 valence electrons. The van der Waals surface area contributed by atoms with E-state index in [9.17, 15) is 30.6 Å². The van der Waals surface area contributed by atoms with E-state index < -0.39 is 0 Å². The fourth-order valence-electron chi connectivity index (χ4n) is 13.6. The Morgan fingerprint density at radius 2 is 0.787 bits per heavy atom. The van der Waals surface area contributed by atoms with Crippen molar-refractivity contribution in [2.45, 2.75) is 119 Å². The number of hydrogen-bond acceptors (Lipinski definition) is 6. The van der Waals surface area contributed by atoms with E-state index in [0.29, 0.717) is 35.7 Å². The van der Waals surface area contributed by atoms with Crippen molar-refractivity contribution in [2.24, 2.45) is 23.7 Å². The quantitative estimate of drug-likeness (QED) is 0.157.